The number of thioether (sulfide) groups is 1. The van der Waals surface area contributed by atoms with E-state index in [1.54, 1.807) is 0 Å². The fourth-order valence-electron chi connectivity index (χ4n) is 0.406. The molecule has 0 saturated carbocycles. The summed E-state index contributed by atoms with van der Waals surface area (Å²) in [6.07, 6.45) is 2.27. The summed E-state index contributed by atoms with van der Waals surface area (Å²) in [5.41, 5.74) is 0. The summed E-state index contributed by atoms with van der Waals surface area (Å²) in [7, 11) is 0. The summed E-state index contributed by atoms with van der Waals surface area (Å²) in [4.78, 5) is 9.94. The Kier molecular flexibility index (Phi) is 5.83. The second kappa shape index (κ2) is 5.95. The largest absolute Gasteiger partial charge is 1.00 e. The minimum atomic E-state index is -0.712. The number of hydrogen-bond donors (Lipinski definition) is 1. The standard InChI is InChI=1S/C6H12O2S/c1-2-3-4-9-5-6(7)8/h2-5H2,1H3,(H,7,8)/p+1. The van der Waals surface area contributed by atoms with E-state index in [0.29, 0.717) is 0 Å². The van der Waals surface area contributed by atoms with Crippen molar-refractivity contribution < 1.29 is 11.3 Å². The van der Waals surface area contributed by atoms with E-state index in [1.807, 2.05) is 0 Å². The molecule has 0 aliphatic carbocycles. The molecule has 0 unspecified atom stereocenters. The van der Waals surface area contributed by atoms with Crippen LogP contribution in [0.4, 0.5) is 0 Å². The van der Waals surface area contributed by atoms with Gasteiger partial charge in [0.25, 0.3) is 0 Å². The van der Waals surface area contributed by atoms with Gasteiger partial charge in [-0.2, -0.15) is 11.8 Å². The Balaban J connectivity index is 0. The molecule has 0 heterocycles. The molecular weight excluding hydrogens is 136 g/mol. The summed E-state index contributed by atoms with van der Waals surface area (Å²) >= 11 is 1.49. The van der Waals surface area contributed by atoms with Crippen molar-refractivity contribution in [2.24, 2.45) is 0 Å². The molecule has 0 aromatic rings. The van der Waals surface area contributed by atoms with Crippen molar-refractivity contribution in [3.8, 4) is 0 Å². The van der Waals surface area contributed by atoms with Gasteiger partial charge in [-0.3, -0.25) is 4.79 Å². The van der Waals surface area contributed by atoms with Gasteiger partial charge in [-0.05, 0) is 12.2 Å². The average molecular weight is 149 g/mol. The molecule has 2 nitrogen and oxygen atoms in total. The number of unbranched alkanes of at least 4 members (excludes halogenated alkanes) is 1. The molecule has 0 saturated heterocycles. The van der Waals surface area contributed by atoms with Crippen LogP contribution in [0.3, 0.4) is 0 Å². The monoisotopic (exact) mass is 149 g/mol. The molecular formula is C6H13O2S+. The molecule has 0 rings (SSSR count). The van der Waals surface area contributed by atoms with Gasteiger partial charge >= 0.3 is 7.40 Å². The van der Waals surface area contributed by atoms with E-state index >= 15 is 0 Å². The normalized spacial score (nSPS) is 9.44. The van der Waals surface area contributed by atoms with Gasteiger partial charge in [0.15, 0.2) is 0 Å². The number of carboxylic acid groups (broad SMARTS) is 1. The van der Waals surface area contributed by atoms with E-state index in [0.717, 1.165) is 18.6 Å². The van der Waals surface area contributed by atoms with Crippen molar-refractivity contribution in [1.82, 2.24) is 0 Å². The maximum Gasteiger partial charge on any atom is 1.00 e. The van der Waals surface area contributed by atoms with Crippen LogP contribution in [0.2, 0.25) is 0 Å². The van der Waals surface area contributed by atoms with Gasteiger partial charge in [0.2, 0.25) is 0 Å². The third-order valence-electron chi connectivity index (χ3n) is 0.868. The summed E-state index contributed by atoms with van der Waals surface area (Å²) in [6.45, 7) is 2.10. The van der Waals surface area contributed by atoms with Crippen LogP contribution >= 0.6 is 11.8 Å². The van der Waals surface area contributed by atoms with E-state index in [2.05, 4.69) is 6.92 Å². The second-order valence-electron chi connectivity index (χ2n) is 1.80. The van der Waals surface area contributed by atoms with Gasteiger partial charge in [-0.1, -0.05) is 13.3 Å². The first-order valence-electron chi connectivity index (χ1n) is 3.07. The third kappa shape index (κ3) is 7.82. The van der Waals surface area contributed by atoms with Crippen molar-refractivity contribution >= 4 is 17.7 Å². The molecule has 3 heteroatoms. The molecule has 9 heavy (non-hydrogen) atoms. The van der Waals surface area contributed by atoms with Crippen LogP contribution in [0, 0.1) is 0 Å². The minimum Gasteiger partial charge on any atom is -0.481 e. The molecule has 0 radical (unpaired) electrons. The average Bonchev–Trinajstić information content (AvgIpc) is 1.80. The van der Waals surface area contributed by atoms with Gasteiger partial charge in [-0.25, -0.2) is 0 Å². The zero-order valence-electron chi connectivity index (χ0n) is 6.59. The fourth-order valence-corrected chi connectivity index (χ4v) is 1.22. The lowest BCUT2D eigenvalue weighted by Crippen LogP contribution is -1.98. The highest BCUT2D eigenvalue weighted by Gasteiger charge is 1.94. The molecule has 0 aliphatic rings. The van der Waals surface area contributed by atoms with Gasteiger partial charge in [0, 0.05) is 0 Å². The Hall–Kier alpha value is -0.180. The lowest BCUT2D eigenvalue weighted by atomic mass is 10.4. The van der Waals surface area contributed by atoms with Gasteiger partial charge in [0.05, 0.1) is 5.75 Å². The van der Waals surface area contributed by atoms with Crippen LogP contribution < -0.4 is 0 Å². The maximum absolute atomic E-state index is 9.94. The smallest absolute Gasteiger partial charge is 0.481 e. The Bertz CT molecular complexity index is 87.8. The van der Waals surface area contributed by atoms with Crippen molar-refractivity contribution in [1.29, 1.82) is 0 Å². The Morgan fingerprint density at radius 1 is 1.78 bits per heavy atom. The Labute approximate surface area is 61.1 Å². The van der Waals surface area contributed by atoms with Crippen LogP contribution in [0.5, 0.6) is 0 Å². The summed E-state index contributed by atoms with van der Waals surface area (Å²) in [5.74, 6) is 0.513. The number of carboxylic acids is 1. The minimum absolute atomic E-state index is 0. The van der Waals surface area contributed by atoms with E-state index in [-0.39, 0.29) is 7.18 Å². The molecule has 0 atom stereocenters. The molecule has 0 aromatic carbocycles. The molecule has 0 fully saturated rings. The molecule has 54 valence electrons. The summed E-state index contributed by atoms with van der Waals surface area (Å²) < 4.78 is 0. The first-order valence-corrected chi connectivity index (χ1v) is 4.22. The van der Waals surface area contributed by atoms with Crippen LogP contribution in [-0.2, 0) is 4.79 Å². The predicted octanol–water partition coefficient (Wildman–Crippen LogP) is 1.72. The summed E-state index contributed by atoms with van der Waals surface area (Å²) in [6, 6.07) is 0. The van der Waals surface area contributed by atoms with E-state index in [4.69, 9.17) is 5.11 Å². The number of rotatable bonds is 5. The summed E-state index contributed by atoms with van der Waals surface area (Å²) in [5, 5.41) is 8.19. The quantitative estimate of drug-likeness (QED) is 0.605. The van der Waals surface area contributed by atoms with E-state index in [9.17, 15) is 4.79 Å². The Morgan fingerprint density at radius 3 is 2.89 bits per heavy atom. The molecule has 0 aromatic heterocycles. The first-order chi connectivity index (χ1) is 4.27. The Morgan fingerprint density at radius 2 is 2.44 bits per heavy atom. The molecule has 0 bridgehead atoms. The highest BCUT2D eigenvalue weighted by atomic mass is 32.2. The van der Waals surface area contributed by atoms with Gasteiger partial charge in [-0.15, -0.1) is 0 Å². The van der Waals surface area contributed by atoms with Crippen LogP contribution in [-0.4, -0.2) is 22.6 Å². The van der Waals surface area contributed by atoms with E-state index in [1.165, 1.54) is 11.8 Å². The van der Waals surface area contributed by atoms with Crippen LogP contribution in [0.15, 0.2) is 0 Å². The van der Waals surface area contributed by atoms with E-state index < -0.39 is 5.97 Å². The van der Waals surface area contributed by atoms with Gasteiger partial charge in [0.1, 0.15) is 0 Å². The van der Waals surface area contributed by atoms with Crippen LogP contribution in [0.25, 0.3) is 0 Å². The molecule has 0 amide bonds. The third-order valence-corrected chi connectivity index (χ3v) is 1.90. The molecule has 0 spiro atoms. The van der Waals surface area contributed by atoms with Crippen molar-refractivity contribution in [3.05, 3.63) is 0 Å². The van der Waals surface area contributed by atoms with Crippen molar-refractivity contribution in [2.75, 3.05) is 11.5 Å². The zero-order valence-corrected chi connectivity index (χ0v) is 6.41. The van der Waals surface area contributed by atoms with Crippen molar-refractivity contribution in [3.63, 3.8) is 0 Å². The number of hydrogen-bond acceptors (Lipinski definition) is 2. The van der Waals surface area contributed by atoms with Gasteiger partial charge < -0.3 is 5.11 Å². The first kappa shape index (κ1) is 8.82. The fraction of sp³-hybridized carbons (Fsp3) is 0.833. The molecule has 1 N–H and O–H groups in total. The topological polar surface area (TPSA) is 37.3 Å². The number of carbonyl (C=O) groups is 1. The lowest BCUT2D eigenvalue weighted by Gasteiger charge is -1.93. The number of aliphatic carboxylic acids is 1. The van der Waals surface area contributed by atoms with Crippen LogP contribution in [0.1, 0.15) is 21.2 Å². The predicted molar refractivity (Wildman–Crippen MR) is 41.0 cm³/mol. The highest BCUT2D eigenvalue weighted by molar-refractivity contribution is 7.99. The zero-order chi connectivity index (χ0) is 7.11. The lowest BCUT2D eigenvalue weighted by molar-refractivity contribution is -0.133. The molecule has 0 aliphatic heterocycles. The van der Waals surface area contributed by atoms with Crippen molar-refractivity contribution in [2.45, 2.75) is 19.8 Å². The second-order valence-corrected chi connectivity index (χ2v) is 2.91. The maximum atomic E-state index is 9.94. The highest BCUT2D eigenvalue weighted by Crippen LogP contribution is 2.02. The SMILES string of the molecule is CCCCSCC(=O)O.[H+].